The monoisotopic (exact) mass is 322 g/mol. The summed E-state index contributed by atoms with van der Waals surface area (Å²) in [6, 6.07) is 14.0. The number of nitrogens with zero attached hydrogens (tertiary/aromatic N) is 2. The normalized spacial score (nSPS) is 21.2. The number of amides is 2. The van der Waals surface area contributed by atoms with Gasteiger partial charge < -0.3 is 5.11 Å². The number of aromatic hydroxyl groups is 1. The summed E-state index contributed by atoms with van der Waals surface area (Å²) in [5, 5.41) is 9.38. The lowest BCUT2D eigenvalue weighted by molar-refractivity contribution is -0.123. The first-order valence-electron chi connectivity index (χ1n) is 8.10. The number of hydrogen-bond donors (Lipinski definition) is 1. The van der Waals surface area contributed by atoms with Gasteiger partial charge in [0.25, 0.3) is 5.91 Å². The Kier molecular flexibility index (Phi) is 3.58. The zero-order chi connectivity index (χ0) is 16.7. The van der Waals surface area contributed by atoms with Crippen LogP contribution in [0.2, 0.25) is 0 Å². The molecule has 0 saturated carbocycles. The number of hydrogen-bond acceptors (Lipinski definition) is 4. The molecule has 0 bridgehead atoms. The van der Waals surface area contributed by atoms with E-state index >= 15 is 0 Å². The summed E-state index contributed by atoms with van der Waals surface area (Å²) < 4.78 is 0. The Hall–Kier alpha value is -2.66. The maximum atomic E-state index is 12.8. The lowest BCUT2D eigenvalue weighted by Gasteiger charge is -2.32. The molecule has 2 aliphatic rings. The minimum atomic E-state index is -0.403. The molecule has 1 atom stereocenters. The van der Waals surface area contributed by atoms with Gasteiger partial charge in [-0.1, -0.05) is 24.3 Å². The largest absolute Gasteiger partial charge is 0.508 e. The highest BCUT2D eigenvalue weighted by Crippen LogP contribution is 2.29. The van der Waals surface area contributed by atoms with Gasteiger partial charge in [-0.05, 0) is 41.8 Å². The first-order chi connectivity index (χ1) is 11.6. The van der Waals surface area contributed by atoms with Crippen LogP contribution < -0.4 is 4.90 Å². The summed E-state index contributed by atoms with van der Waals surface area (Å²) >= 11 is 0. The third-order valence-electron chi connectivity index (χ3n) is 4.83. The van der Waals surface area contributed by atoms with Gasteiger partial charge in [0, 0.05) is 13.1 Å². The number of imide groups is 1. The molecule has 1 saturated heterocycles. The number of benzene rings is 2. The summed E-state index contributed by atoms with van der Waals surface area (Å²) in [5.41, 5.74) is 3.07. The molecular formula is C19H18N2O3. The van der Waals surface area contributed by atoms with Crippen molar-refractivity contribution in [1.29, 1.82) is 0 Å². The van der Waals surface area contributed by atoms with Crippen molar-refractivity contribution in [3.8, 4) is 5.75 Å². The highest BCUT2D eigenvalue weighted by molar-refractivity contribution is 6.22. The van der Waals surface area contributed by atoms with E-state index in [4.69, 9.17) is 0 Å². The van der Waals surface area contributed by atoms with Crippen molar-refractivity contribution in [2.24, 2.45) is 0 Å². The van der Waals surface area contributed by atoms with Gasteiger partial charge in [-0.15, -0.1) is 0 Å². The Labute approximate surface area is 140 Å². The summed E-state index contributed by atoms with van der Waals surface area (Å²) in [5.74, 6) is -0.248. The number of carbonyl (C=O) groups excluding carboxylic acids is 2. The molecule has 2 aromatic rings. The van der Waals surface area contributed by atoms with Gasteiger partial charge in [0.05, 0.1) is 18.2 Å². The molecule has 0 radical (unpaired) electrons. The van der Waals surface area contributed by atoms with Crippen LogP contribution in [0.3, 0.4) is 0 Å². The van der Waals surface area contributed by atoms with Gasteiger partial charge in [-0.3, -0.25) is 14.5 Å². The Morgan fingerprint density at radius 1 is 0.958 bits per heavy atom. The zero-order valence-corrected chi connectivity index (χ0v) is 13.2. The van der Waals surface area contributed by atoms with E-state index in [-0.39, 0.29) is 24.0 Å². The van der Waals surface area contributed by atoms with Crippen LogP contribution in [0.25, 0.3) is 0 Å². The summed E-state index contributed by atoms with van der Waals surface area (Å²) in [6.07, 6.45) is 1.11. The second-order valence-corrected chi connectivity index (χ2v) is 6.29. The number of fused-ring (bicyclic) bond motifs is 1. The number of phenolic OH excluding ortho intramolecular Hbond substituents is 1. The number of carbonyl (C=O) groups is 2. The molecule has 5 heteroatoms. The molecule has 1 unspecified atom stereocenters. The van der Waals surface area contributed by atoms with Crippen molar-refractivity contribution < 1.29 is 14.7 Å². The van der Waals surface area contributed by atoms with E-state index in [0.717, 1.165) is 13.0 Å². The van der Waals surface area contributed by atoms with Crippen molar-refractivity contribution in [3.63, 3.8) is 0 Å². The van der Waals surface area contributed by atoms with Gasteiger partial charge >= 0.3 is 0 Å². The Morgan fingerprint density at radius 3 is 2.42 bits per heavy atom. The molecule has 0 spiro atoms. The predicted molar refractivity (Wildman–Crippen MR) is 89.6 cm³/mol. The van der Waals surface area contributed by atoms with Gasteiger partial charge in [-0.2, -0.15) is 0 Å². The molecule has 4 rings (SSSR count). The SMILES string of the molecule is O=C1CC(N2CCc3ccccc3C2)C(=O)N1c1ccc(O)cc1. The van der Waals surface area contributed by atoms with E-state index in [9.17, 15) is 14.7 Å². The second kappa shape index (κ2) is 5.76. The first kappa shape index (κ1) is 14.9. The molecular weight excluding hydrogens is 304 g/mol. The van der Waals surface area contributed by atoms with Gasteiger partial charge in [-0.25, -0.2) is 4.90 Å². The Balaban J connectivity index is 1.57. The van der Waals surface area contributed by atoms with Crippen molar-refractivity contribution in [2.45, 2.75) is 25.4 Å². The average Bonchev–Trinajstić information content (AvgIpc) is 2.90. The van der Waals surface area contributed by atoms with Crippen LogP contribution in [0.4, 0.5) is 5.69 Å². The van der Waals surface area contributed by atoms with Crippen LogP contribution in [0.1, 0.15) is 17.5 Å². The third-order valence-corrected chi connectivity index (χ3v) is 4.83. The molecule has 2 heterocycles. The van der Waals surface area contributed by atoms with Crippen molar-refractivity contribution in [1.82, 2.24) is 4.90 Å². The molecule has 1 fully saturated rings. The van der Waals surface area contributed by atoms with Crippen LogP contribution >= 0.6 is 0 Å². The van der Waals surface area contributed by atoms with Crippen molar-refractivity contribution >= 4 is 17.5 Å². The second-order valence-electron chi connectivity index (χ2n) is 6.29. The van der Waals surface area contributed by atoms with Crippen LogP contribution in [0.5, 0.6) is 5.75 Å². The number of rotatable bonds is 2. The molecule has 122 valence electrons. The summed E-state index contributed by atoms with van der Waals surface area (Å²) in [4.78, 5) is 28.5. The quantitative estimate of drug-likeness (QED) is 0.860. The van der Waals surface area contributed by atoms with E-state index < -0.39 is 6.04 Å². The Bertz CT molecular complexity index is 801. The molecule has 2 aromatic carbocycles. The van der Waals surface area contributed by atoms with Gasteiger partial charge in [0.2, 0.25) is 5.91 Å². The summed E-state index contributed by atoms with van der Waals surface area (Å²) in [7, 11) is 0. The fourth-order valence-corrected chi connectivity index (χ4v) is 3.56. The van der Waals surface area contributed by atoms with E-state index in [1.165, 1.54) is 28.2 Å². The van der Waals surface area contributed by atoms with Crippen molar-refractivity contribution in [2.75, 3.05) is 11.4 Å². The van der Waals surface area contributed by atoms with Crippen LogP contribution in [-0.2, 0) is 22.6 Å². The van der Waals surface area contributed by atoms with Gasteiger partial charge in [0.15, 0.2) is 0 Å². The van der Waals surface area contributed by atoms with Crippen LogP contribution in [-0.4, -0.2) is 34.4 Å². The molecule has 0 aliphatic carbocycles. The lowest BCUT2D eigenvalue weighted by atomic mass is 9.98. The van der Waals surface area contributed by atoms with Gasteiger partial charge in [0.1, 0.15) is 5.75 Å². The lowest BCUT2D eigenvalue weighted by Crippen LogP contribution is -2.44. The fourth-order valence-electron chi connectivity index (χ4n) is 3.56. The van der Waals surface area contributed by atoms with E-state index in [0.29, 0.717) is 12.2 Å². The number of anilines is 1. The minimum Gasteiger partial charge on any atom is -0.508 e. The zero-order valence-electron chi connectivity index (χ0n) is 13.2. The third kappa shape index (κ3) is 2.47. The average molecular weight is 322 g/mol. The minimum absolute atomic E-state index is 0.113. The molecule has 0 aromatic heterocycles. The van der Waals surface area contributed by atoms with E-state index in [1.807, 2.05) is 12.1 Å². The predicted octanol–water partition coefficient (Wildman–Crippen LogP) is 2.08. The molecule has 5 nitrogen and oxygen atoms in total. The smallest absolute Gasteiger partial charge is 0.251 e. The first-order valence-corrected chi connectivity index (χ1v) is 8.10. The highest BCUT2D eigenvalue weighted by Gasteiger charge is 2.43. The van der Waals surface area contributed by atoms with Crippen LogP contribution in [0.15, 0.2) is 48.5 Å². The maximum absolute atomic E-state index is 12.8. The molecule has 24 heavy (non-hydrogen) atoms. The van der Waals surface area contributed by atoms with Crippen molar-refractivity contribution in [3.05, 3.63) is 59.7 Å². The van der Waals surface area contributed by atoms with E-state index in [1.54, 1.807) is 12.1 Å². The molecule has 2 aliphatic heterocycles. The molecule has 2 amide bonds. The van der Waals surface area contributed by atoms with Crippen LogP contribution in [0, 0.1) is 0 Å². The maximum Gasteiger partial charge on any atom is 0.251 e. The standard InChI is InChI=1S/C19H18N2O3/c22-16-7-5-15(6-8-16)21-18(23)11-17(19(21)24)20-10-9-13-3-1-2-4-14(13)12-20/h1-8,17,22H,9-12H2. The number of phenols is 1. The fraction of sp³-hybridized carbons (Fsp3) is 0.263. The highest BCUT2D eigenvalue weighted by atomic mass is 16.3. The summed E-state index contributed by atoms with van der Waals surface area (Å²) in [6.45, 7) is 1.48. The Morgan fingerprint density at radius 2 is 1.67 bits per heavy atom. The molecule has 1 N–H and O–H groups in total. The van der Waals surface area contributed by atoms with E-state index in [2.05, 4.69) is 17.0 Å². The topological polar surface area (TPSA) is 60.9 Å².